The lowest BCUT2D eigenvalue weighted by Crippen LogP contribution is -2.28. The molecule has 0 aliphatic carbocycles. The molecule has 4 rings (SSSR count). The Morgan fingerprint density at radius 3 is 2.51 bits per heavy atom. The standard InChI is InChI=1S/C24H26F3N5O2S/c1-31-10-15-12-32(13-16(15)11-31)21-8-18(24(25,26)27)17(9-28)23(30-21)29-19-6-14(7-22(33)34-2)4-5-20(19)35-3/h4-6,8,15-16H,7,10-13H2,1-3H3,(H,29,30)/t15-,16?/m0/s1. The van der Waals surface area contributed by atoms with Gasteiger partial charge in [-0.15, -0.1) is 11.8 Å². The fourth-order valence-electron chi connectivity index (χ4n) is 4.86. The van der Waals surface area contributed by atoms with Crippen molar-refractivity contribution in [1.29, 1.82) is 5.26 Å². The number of nitrogens with one attached hydrogen (secondary N) is 1. The van der Waals surface area contributed by atoms with Gasteiger partial charge in [-0.3, -0.25) is 4.79 Å². The molecule has 2 fully saturated rings. The number of aromatic nitrogens is 1. The number of esters is 1. The summed E-state index contributed by atoms with van der Waals surface area (Å²) in [6.07, 6.45) is -2.88. The number of pyridine rings is 1. The zero-order chi connectivity index (χ0) is 25.3. The summed E-state index contributed by atoms with van der Waals surface area (Å²) >= 11 is 1.39. The van der Waals surface area contributed by atoms with Gasteiger partial charge in [0.1, 0.15) is 17.5 Å². The summed E-state index contributed by atoms with van der Waals surface area (Å²) in [5, 5.41) is 12.6. The molecule has 186 valence electrons. The van der Waals surface area contributed by atoms with Crippen LogP contribution in [0.15, 0.2) is 29.2 Å². The SMILES string of the molecule is COC(=O)Cc1ccc(SC)c(Nc2nc(N3CC4CN(C)C[C@H]4C3)cc(C(F)(F)F)c2C#N)c1. The Hall–Kier alpha value is -2.97. The Kier molecular flexibility index (Phi) is 7.15. The van der Waals surface area contributed by atoms with Gasteiger partial charge in [0.05, 0.1) is 24.8 Å². The number of hydrogen-bond acceptors (Lipinski definition) is 8. The molecule has 11 heteroatoms. The van der Waals surface area contributed by atoms with E-state index in [4.69, 9.17) is 4.74 Å². The summed E-state index contributed by atoms with van der Waals surface area (Å²) in [7, 11) is 3.33. The van der Waals surface area contributed by atoms with E-state index in [9.17, 15) is 23.2 Å². The molecule has 3 heterocycles. The zero-order valence-electron chi connectivity index (χ0n) is 19.6. The van der Waals surface area contributed by atoms with Gasteiger partial charge < -0.3 is 19.9 Å². The molecule has 2 aromatic rings. The highest BCUT2D eigenvalue weighted by Gasteiger charge is 2.41. The van der Waals surface area contributed by atoms with E-state index in [0.29, 0.717) is 36.2 Å². The van der Waals surface area contributed by atoms with Crippen molar-refractivity contribution in [3.05, 3.63) is 41.0 Å². The number of hydrogen-bond donors (Lipinski definition) is 1. The van der Waals surface area contributed by atoms with Gasteiger partial charge in [0.25, 0.3) is 0 Å². The number of thioether (sulfide) groups is 1. The quantitative estimate of drug-likeness (QED) is 0.463. The molecule has 35 heavy (non-hydrogen) atoms. The Morgan fingerprint density at radius 2 is 1.94 bits per heavy atom. The highest BCUT2D eigenvalue weighted by Crippen LogP contribution is 2.40. The number of benzene rings is 1. The molecular formula is C24H26F3N5O2S. The number of nitriles is 1. The number of carbonyl (C=O) groups excluding carboxylic acids is 1. The molecule has 0 amide bonds. The number of halogens is 3. The van der Waals surface area contributed by atoms with Crippen molar-refractivity contribution in [3.8, 4) is 6.07 Å². The predicted octanol–water partition coefficient (Wildman–Crippen LogP) is 4.15. The van der Waals surface area contributed by atoms with Crippen molar-refractivity contribution in [3.63, 3.8) is 0 Å². The Bertz CT molecular complexity index is 1150. The molecule has 0 bridgehead atoms. The topological polar surface area (TPSA) is 81.5 Å². The van der Waals surface area contributed by atoms with Crippen LogP contribution in [0.5, 0.6) is 0 Å². The maximum Gasteiger partial charge on any atom is 0.417 e. The lowest BCUT2D eigenvalue weighted by Gasteiger charge is -2.23. The number of methoxy groups -OCH3 is 1. The van der Waals surface area contributed by atoms with Crippen LogP contribution in [0.1, 0.15) is 16.7 Å². The van der Waals surface area contributed by atoms with Crippen LogP contribution in [0.25, 0.3) is 0 Å². The summed E-state index contributed by atoms with van der Waals surface area (Å²) in [6.45, 7) is 3.04. The molecule has 1 N–H and O–H groups in total. The molecule has 2 aliphatic heterocycles. The van der Waals surface area contributed by atoms with Crippen molar-refractivity contribution in [2.24, 2.45) is 11.8 Å². The van der Waals surface area contributed by atoms with E-state index in [-0.39, 0.29) is 18.1 Å². The minimum atomic E-state index is -4.72. The van der Waals surface area contributed by atoms with Gasteiger partial charge in [-0.1, -0.05) is 6.07 Å². The van der Waals surface area contributed by atoms with Crippen molar-refractivity contribution in [1.82, 2.24) is 9.88 Å². The molecular weight excluding hydrogens is 479 g/mol. The first-order valence-electron chi connectivity index (χ1n) is 11.1. The third-order valence-electron chi connectivity index (χ3n) is 6.51. The zero-order valence-corrected chi connectivity index (χ0v) is 20.5. The third-order valence-corrected chi connectivity index (χ3v) is 7.30. The van der Waals surface area contributed by atoms with Crippen LogP contribution in [-0.2, 0) is 22.1 Å². The summed E-state index contributed by atoms with van der Waals surface area (Å²) < 4.78 is 46.7. The van der Waals surface area contributed by atoms with E-state index < -0.39 is 23.3 Å². The summed E-state index contributed by atoms with van der Waals surface area (Å²) in [5.74, 6) is 0.363. The van der Waals surface area contributed by atoms with Gasteiger partial charge in [-0.25, -0.2) is 4.98 Å². The average Bonchev–Trinajstić information content (AvgIpc) is 3.35. The monoisotopic (exact) mass is 505 g/mol. The smallest absolute Gasteiger partial charge is 0.417 e. The van der Waals surface area contributed by atoms with E-state index in [1.807, 2.05) is 18.2 Å². The lowest BCUT2D eigenvalue weighted by molar-refractivity contribution is -0.140. The van der Waals surface area contributed by atoms with Gasteiger partial charge in [0.15, 0.2) is 5.82 Å². The molecule has 1 aromatic heterocycles. The lowest BCUT2D eigenvalue weighted by atomic mass is 10.0. The molecule has 0 radical (unpaired) electrons. The summed E-state index contributed by atoms with van der Waals surface area (Å²) in [4.78, 5) is 21.1. The van der Waals surface area contributed by atoms with E-state index in [2.05, 4.69) is 15.2 Å². The van der Waals surface area contributed by atoms with Gasteiger partial charge >= 0.3 is 12.1 Å². The molecule has 1 aromatic carbocycles. The molecule has 1 unspecified atom stereocenters. The number of rotatable bonds is 6. The van der Waals surface area contributed by atoms with Crippen molar-refractivity contribution in [2.45, 2.75) is 17.5 Å². The molecule has 2 saturated heterocycles. The minimum absolute atomic E-state index is 0.0111. The number of fused-ring (bicyclic) bond motifs is 1. The van der Waals surface area contributed by atoms with E-state index >= 15 is 0 Å². The van der Waals surface area contributed by atoms with Gasteiger partial charge in [0, 0.05) is 31.1 Å². The largest absolute Gasteiger partial charge is 0.469 e. The van der Waals surface area contributed by atoms with Crippen molar-refractivity contribution < 1.29 is 22.7 Å². The molecule has 0 spiro atoms. The third kappa shape index (κ3) is 5.33. The van der Waals surface area contributed by atoms with Crippen LogP contribution < -0.4 is 10.2 Å². The average molecular weight is 506 g/mol. The first-order chi connectivity index (χ1) is 16.6. The molecule has 7 nitrogen and oxygen atoms in total. The van der Waals surface area contributed by atoms with Gasteiger partial charge in [-0.05, 0) is 48.9 Å². The van der Waals surface area contributed by atoms with E-state index in [0.717, 1.165) is 24.1 Å². The minimum Gasteiger partial charge on any atom is -0.469 e. The fraction of sp³-hybridized carbons (Fsp3) is 0.458. The second-order valence-electron chi connectivity index (χ2n) is 8.92. The van der Waals surface area contributed by atoms with Gasteiger partial charge in [0.2, 0.25) is 0 Å². The Morgan fingerprint density at radius 1 is 1.26 bits per heavy atom. The maximum atomic E-state index is 14.0. The number of carbonyl (C=O) groups is 1. The molecule has 2 aliphatic rings. The van der Waals surface area contributed by atoms with Crippen LogP contribution >= 0.6 is 11.8 Å². The molecule has 2 atom stereocenters. The number of alkyl halides is 3. The highest BCUT2D eigenvalue weighted by atomic mass is 32.2. The Labute approximate surface area is 206 Å². The van der Waals surface area contributed by atoms with Gasteiger partial charge in [-0.2, -0.15) is 18.4 Å². The summed E-state index contributed by atoms with van der Waals surface area (Å²) in [6, 6.07) is 7.87. The first kappa shape index (κ1) is 25.1. The fourth-order valence-corrected chi connectivity index (χ4v) is 5.40. The predicted molar refractivity (Wildman–Crippen MR) is 128 cm³/mol. The molecule has 0 saturated carbocycles. The number of anilines is 3. The van der Waals surface area contributed by atoms with Crippen molar-refractivity contribution in [2.75, 3.05) is 56.8 Å². The van der Waals surface area contributed by atoms with Crippen LogP contribution in [0, 0.1) is 23.2 Å². The van der Waals surface area contributed by atoms with Crippen LogP contribution in [-0.4, -0.2) is 62.4 Å². The second-order valence-corrected chi connectivity index (χ2v) is 9.77. The second kappa shape index (κ2) is 9.95. The van der Waals surface area contributed by atoms with E-state index in [1.54, 1.807) is 24.3 Å². The highest BCUT2D eigenvalue weighted by molar-refractivity contribution is 7.98. The van der Waals surface area contributed by atoms with E-state index in [1.165, 1.54) is 18.9 Å². The van der Waals surface area contributed by atoms with Crippen LogP contribution in [0.3, 0.4) is 0 Å². The number of nitrogens with zero attached hydrogens (tertiary/aromatic N) is 4. The number of likely N-dealkylation sites (tertiary alicyclic amines) is 1. The Balaban J connectivity index is 1.74. The normalized spacial score (nSPS) is 20.0. The first-order valence-corrected chi connectivity index (χ1v) is 12.3. The van der Waals surface area contributed by atoms with Crippen LogP contribution in [0.4, 0.5) is 30.5 Å². The van der Waals surface area contributed by atoms with Crippen LogP contribution in [0.2, 0.25) is 0 Å². The maximum absolute atomic E-state index is 14.0. The summed E-state index contributed by atoms with van der Waals surface area (Å²) in [5.41, 5.74) is -0.490. The number of ether oxygens (including phenoxy) is 1. The van der Waals surface area contributed by atoms with Crippen molar-refractivity contribution >= 4 is 35.1 Å².